The van der Waals surface area contributed by atoms with E-state index < -0.39 is 53.8 Å². The predicted molar refractivity (Wildman–Crippen MR) is 145 cm³/mol. The third-order valence-corrected chi connectivity index (χ3v) is 5.85. The molecule has 0 unspecified atom stereocenters. The van der Waals surface area contributed by atoms with Crippen LogP contribution >= 0.6 is 0 Å². The largest absolute Gasteiger partial charge is 0.508 e. The maximum Gasteiger partial charge on any atom is 0.408 e. The molecule has 41 heavy (non-hydrogen) atoms. The van der Waals surface area contributed by atoms with E-state index >= 15 is 0 Å². The second kappa shape index (κ2) is 16.1. The van der Waals surface area contributed by atoms with E-state index in [1.165, 1.54) is 24.3 Å². The number of nitrogens with two attached hydrogens (primary N) is 3. The molecule has 220 valence electrons. The molecule has 10 N–H and O–H groups in total. The van der Waals surface area contributed by atoms with Crippen molar-refractivity contribution in [2.24, 2.45) is 17.2 Å². The number of ether oxygens (including phenoxy) is 1. The Labute approximate surface area is 236 Å². The highest BCUT2D eigenvalue weighted by atomic mass is 16.5. The first-order valence-corrected chi connectivity index (χ1v) is 12.7. The Morgan fingerprint density at radius 1 is 0.683 bits per heavy atom. The zero-order valence-electron chi connectivity index (χ0n) is 22.2. The number of amides is 6. The number of hydrogen-bond acceptors (Lipinski definition) is 8. The smallest absolute Gasteiger partial charge is 0.408 e. The molecule has 14 heteroatoms. The SMILES string of the molecule is NC(=O)CC[C@H](NC(=O)[C@H](Cc1ccc(O)cc1)NC(=O)[C@H](CCC(N)=O)NC(=O)OCc1ccccc1)C(N)=O. The van der Waals surface area contributed by atoms with E-state index in [2.05, 4.69) is 16.0 Å². The van der Waals surface area contributed by atoms with Crippen LogP contribution in [0.4, 0.5) is 4.79 Å². The highest BCUT2D eigenvalue weighted by Gasteiger charge is 2.30. The maximum atomic E-state index is 13.3. The molecule has 6 amide bonds. The lowest BCUT2D eigenvalue weighted by Crippen LogP contribution is -2.57. The summed E-state index contributed by atoms with van der Waals surface area (Å²) in [5.41, 5.74) is 16.9. The molecule has 14 nitrogen and oxygen atoms in total. The number of aromatic hydroxyl groups is 1. The molecule has 0 aliphatic rings. The third-order valence-electron chi connectivity index (χ3n) is 5.85. The van der Waals surface area contributed by atoms with Gasteiger partial charge in [-0.15, -0.1) is 0 Å². The molecule has 0 aliphatic carbocycles. The molecular weight excluding hydrogens is 536 g/mol. The van der Waals surface area contributed by atoms with E-state index in [1.807, 2.05) is 0 Å². The van der Waals surface area contributed by atoms with Crippen molar-refractivity contribution in [3.8, 4) is 5.75 Å². The van der Waals surface area contributed by atoms with Gasteiger partial charge in [-0.3, -0.25) is 24.0 Å². The number of nitrogens with one attached hydrogen (secondary N) is 3. The molecule has 0 radical (unpaired) electrons. The molecule has 0 aliphatic heterocycles. The number of hydrogen-bond donors (Lipinski definition) is 7. The van der Waals surface area contributed by atoms with Crippen LogP contribution in [-0.4, -0.2) is 58.9 Å². The van der Waals surface area contributed by atoms with Crippen LogP contribution < -0.4 is 33.2 Å². The van der Waals surface area contributed by atoms with Crippen molar-refractivity contribution >= 4 is 35.6 Å². The van der Waals surface area contributed by atoms with Crippen molar-refractivity contribution in [2.75, 3.05) is 0 Å². The second-order valence-corrected chi connectivity index (χ2v) is 9.16. The molecule has 2 rings (SSSR count). The second-order valence-electron chi connectivity index (χ2n) is 9.16. The van der Waals surface area contributed by atoms with Crippen molar-refractivity contribution in [1.82, 2.24) is 16.0 Å². The normalized spacial score (nSPS) is 12.7. The van der Waals surface area contributed by atoms with E-state index in [1.54, 1.807) is 30.3 Å². The topological polar surface area (TPSA) is 246 Å². The number of carbonyl (C=O) groups is 6. The summed E-state index contributed by atoms with van der Waals surface area (Å²) in [5, 5.41) is 16.9. The Morgan fingerprint density at radius 2 is 1.22 bits per heavy atom. The lowest BCUT2D eigenvalue weighted by atomic mass is 10.0. The van der Waals surface area contributed by atoms with Crippen molar-refractivity contribution in [1.29, 1.82) is 0 Å². The fourth-order valence-electron chi connectivity index (χ4n) is 3.66. The van der Waals surface area contributed by atoms with Gasteiger partial charge >= 0.3 is 6.09 Å². The molecule has 2 aromatic carbocycles. The molecule has 3 atom stereocenters. The third kappa shape index (κ3) is 12.1. The number of benzene rings is 2. The van der Waals surface area contributed by atoms with Gasteiger partial charge in [0.2, 0.25) is 29.5 Å². The lowest BCUT2D eigenvalue weighted by Gasteiger charge is -2.24. The average Bonchev–Trinajstić information content (AvgIpc) is 2.92. The summed E-state index contributed by atoms with van der Waals surface area (Å²) in [5.74, 6) is -4.03. The van der Waals surface area contributed by atoms with Gasteiger partial charge in [-0.1, -0.05) is 42.5 Å². The first kappa shape index (κ1) is 32.1. The van der Waals surface area contributed by atoms with Crippen LogP contribution in [0.15, 0.2) is 54.6 Å². The molecule has 0 spiro atoms. The van der Waals surface area contributed by atoms with Crippen LogP contribution in [0.25, 0.3) is 0 Å². The highest BCUT2D eigenvalue weighted by Crippen LogP contribution is 2.12. The number of carbonyl (C=O) groups excluding carboxylic acids is 6. The van der Waals surface area contributed by atoms with Gasteiger partial charge in [0.25, 0.3) is 0 Å². The highest BCUT2D eigenvalue weighted by molar-refractivity contribution is 5.94. The molecule has 0 saturated carbocycles. The van der Waals surface area contributed by atoms with E-state index in [4.69, 9.17) is 21.9 Å². The average molecular weight is 571 g/mol. The Hall–Kier alpha value is -5.14. The summed E-state index contributed by atoms with van der Waals surface area (Å²) < 4.78 is 5.16. The lowest BCUT2D eigenvalue weighted by molar-refractivity contribution is -0.132. The summed E-state index contributed by atoms with van der Waals surface area (Å²) in [6.45, 7) is -0.0808. The Kier molecular flexibility index (Phi) is 12.6. The van der Waals surface area contributed by atoms with Crippen LogP contribution in [0.2, 0.25) is 0 Å². The number of primary amides is 3. The predicted octanol–water partition coefficient (Wildman–Crippen LogP) is -0.784. The molecule has 0 fully saturated rings. The number of rotatable bonds is 16. The quantitative estimate of drug-likeness (QED) is 0.134. The first-order valence-electron chi connectivity index (χ1n) is 12.7. The van der Waals surface area contributed by atoms with E-state index in [9.17, 15) is 33.9 Å². The molecule has 0 saturated heterocycles. The Bertz CT molecular complexity index is 1220. The van der Waals surface area contributed by atoms with Crippen LogP contribution in [0.1, 0.15) is 36.8 Å². The summed E-state index contributed by atoms with van der Waals surface area (Å²) in [6, 6.07) is 10.7. The van der Waals surface area contributed by atoms with Gasteiger partial charge in [0, 0.05) is 19.3 Å². The Balaban J connectivity index is 2.20. The summed E-state index contributed by atoms with van der Waals surface area (Å²) in [6.07, 6.45) is -1.89. The van der Waals surface area contributed by atoms with E-state index in [-0.39, 0.29) is 44.5 Å². The van der Waals surface area contributed by atoms with Gasteiger partial charge in [0.05, 0.1) is 0 Å². The zero-order valence-corrected chi connectivity index (χ0v) is 22.2. The minimum Gasteiger partial charge on any atom is -0.508 e. The number of alkyl carbamates (subject to hydrolysis) is 1. The van der Waals surface area contributed by atoms with E-state index in [0.29, 0.717) is 11.1 Å². The zero-order chi connectivity index (χ0) is 30.4. The number of phenols is 1. The van der Waals surface area contributed by atoms with Gasteiger partial charge in [0.1, 0.15) is 30.5 Å². The maximum absolute atomic E-state index is 13.3. The minimum atomic E-state index is -1.32. The van der Waals surface area contributed by atoms with Crippen molar-refractivity contribution in [3.05, 3.63) is 65.7 Å². The van der Waals surface area contributed by atoms with Crippen molar-refractivity contribution in [2.45, 2.75) is 56.8 Å². The fraction of sp³-hybridized carbons (Fsp3) is 0.333. The molecule has 0 aromatic heterocycles. The monoisotopic (exact) mass is 570 g/mol. The van der Waals surface area contributed by atoms with Gasteiger partial charge in [-0.05, 0) is 36.1 Å². The van der Waals surface area contributed by atoms with Gasteiger partial charge in [-0.25, -0.2) is 4.79 Å². The summed E-state index contributed by atoms with van der Waals surface area (Å²) in [4.78, 5) is 73.3. The van der Waals surface area contributed by atoms with Gasteiger partial charge in [0.15, 0.2) is 0 Å². The molecule has 0 heterocycles. The molecular formula is C27H34N6O8. The Morgan fingerprint density at radius 3 is 1.78 bits per heavy atom. The van der Waals surface area contributed by atoms with Gasteiger partial charge < -0.3 is 43.0 Å². The van der Waals surface area contributed by atoms with Crippen molar-refractivity contribution < 1.29 is 38.6 Å². The standard InChI is InChI=1S/C27H34N6O8/c28-22(35)12-10-19(24(30)37)31-26(39)21(14-16-6-8-18(34)9-7-16)32-25(38)20(11-13-23(29)36)33-27(40)41-15-17-4-2-1-3-5-17/h1-9,19-21,34H,10-15H2,(H2,28,35)(H2,29,36)(H2,30,37)(H,31,39)(H,32,38)(H,33,40)/t19-,20-,21-/m0/s1. The summed E-state index contributed by atoms with van der Waals surface area (Å²) >= 11 is 0. The van der Waals surface area contributed by atoms with Crippen LogP contribution in [0.5, 0.6) is 5.75 Å². The van der Waals surface area contributed by atoms with Gasteiger partial charge in [-0.2, -0.15) is 0 Å². The van der Waals surface area contributed by atoms with Crippen LogP contribution in [0.3, 0.4) is 0 Å². The minimum absolute atomic E-state index is 0.0243. The fourth-order valence-corrected chi connectivity index (χ4v) is 3.66. The van der Waals surface area contributed by atoms with Crippen molar-refractivity contribution in [3.63, 3.8) is 0 Å². The number of phenolic OH excluding ortho intramolecular Hbond substituents is 1. The molecule has 2 aromatic rings. The first-order chi connectivity index (χ1) is 19.4. The van der Waals surface area contributed by atoms with Crippen LogP contribution in [-0.2, 0) is 41.7 Å². The summed E-state index contributed by atoms with van der Waals surface area (Å²) in [7, 11) is 0. The van der Waals surface area contributed by atoms with E-state index in [0.717, 1.165) is 0 Å². The molecule has 0 bridgehead atoms. The van der Waals surface area contributed by atoms with Crippen LogP contribution in [0, 0.1) is 0 Å².